The lowest BCUT2D eigenvalue weighted by atomic mass is 10.1. The number of unbranched alkanes of at least 4 members (excludes halogenated alkanes) is 2. The zero-order valence-corrected chi connectivity index (χ0v) is 16.9. The van der Waals surface area contributed by atoms with E-state index in [1.54, 1.807) is 6.92 Å². The number of benzene rings is 1. The molecule has 0 unspecified atom stereocenters. The highest BCUT2D eigenvalue weighted by Gasteiger charge is 2.22. The van der Waals surface area contributed by atoms with Crippen molar-refractivity contribution in [1.82, 2.24) is 10.6 Å². The first-order valence-electron chi connectivity index (χ1n) is 9.97. The van der Waals surface area contributed by atoms with Crippen molar-refractivity contribution >= 4 is 18.0 Å². The maximum absolute atomic E-state index is 12.1. The molecule has 1 atom stereocenters. The summed E-state index contributed by atoms with van der Waals surface area (Å²) in [7, 11) is 0. The number of alkyl carbamates (subject to hydrolysis) is 1. The summed E-state index contributed by atoms with van der Waals surface area (Å²) in [6, 6.07) is 8.43. The number of carbonyl (C=O) groups is 3. The topological polar surface area (TPSA) is 93.7 Å². The molecular weight excluding hydrogens is 360 g/mol. The molecule has 1 aromatic carbocycles. The molecule has 0 aliphatic heterocycles. The van der Waals surface area contributed by atoms with E-state index in [4.69, 9.17) is 9.47 Å². The Morgan fingerprint density at radius 1 is 1.00 bits per heavy atom. The van der Waals surface area contributed by atoms with Crippen LogP contribution in [-0.2, 0) is 25.7 Å². The molecule has 0 fully saturated rings. The van der Waals surface area contributed by atoms with E-state index in [0.29, 0.717) is 25.8 Å². The van der Waals surface area contributed by atoms with Crippen molar-refractivity contribution in [2.24, 2.45) is 0 Å². The molecule has 2 N–H and O–H groups in total. The number of ether oxygens (including phenoxy) is 2. The van der Waals surface area contributed by atoms with Crippen molar-refractivity contribution < 1.29 is 23.9 Å². The van der Waals surface area contributed by atoms with Gasteiger partial charge in [0.2, 0.25) is 5.91 Å². The van der Waals surface area contributed by atoms with Crippen LogP contribution >= 0.6 is 0 Å². The SMILES string of the molecule is CCCCCNC(=O)CCC[C@@H](NC(=O)OCc1ccccc1)C(=O)OCC. The molecule has 0 saturated heterocycles. The Labute approximate surface area is 167 Å². The minimum Gasteiger partial charge on any atom is -0.464 e. The molecule has 0 aliphatic carbocycles. The Morgan fingerprint density at radius 2 is 1.75 bits per heavy atom. The minimum atomic E-state index is -0.837. The van der Waals surface area contributed by atoms with Crippen molar-refractivity contribution in [1.29, 1.82) is 0 Å². The van der Waals surface area contributed by atoms with Gasteiger partial charge in [-0.25, -0.2) is 9.59 Å². The third-order valence-corrected chi connectivity index (χ3v) is 4.08. The van der Waals surface area contributed by atoms with Crippen LogP contribution in [0.4, 0.5) is 4.79 Å². The maximum Gasteiger partial charge on any atom is 0.408 e. The highest BCUT2D eigenvalue weighted by molar-refractivity contribution is 5.81. The highest BCUT2D eigenvalue weighted by atomic mass is 16.6. The molecule has 1 aromatic rings. The van der Waals surface area contributed by atoms with E-state index in [9.17, 15) is 14.4 Å². The first-order chi connectivity index (χ1) is 13.6. The van der Waals surface area contributed by atoms with Crippen LogP contribution in [0.25, 0.3) is 0 Å². The van der Waals surface area contributed by atoms with Gasteiger partial charge >= 0.3 is 12.1 Å². The van der Waals surface area contributed by atoms with Crippen LogP contribution in [0.2, 0.25) is 0 Å². The van der Waals surface area contributed by atoms with Gasteiger partial charge in [0.05, 0.1) is 6.61 Å². The monoisotopic (exact) mass is 392 g/mol. The molecule has 7 heteroatoms. The Bertz CT molecular complexity index is 592. The quantitative estimate of drug-likeness (QED) is 0.397. The van der Waals surface area contributed by atoms with Crippen molar-refractivity contribution in [3.63, 3.8) is 0 Å². The van der Waals surface area contributed by atoms with Crippen LogP contribution in [0.5, 0.6) is 0 Å². The molecule has 2 amide bonds. The summed E-state index contributed by atoms with van der Waals surface area (Å²) in [6.07, 6.45) is 3.52. The summed E-state index contributed by atoms with van der Waals surface area (Å²) in [5.41, 5.74) is 0.852. The average molecular weight is 392 g/mol. The lowest BCUT2D eigenvalue weighted by Gasteiger charge is -2.17. The van der Waals surface area contributed by atoms with Crippen molar-refractivity contribution in [3.05, 3.63) is 35.9 Å². The lowest BCUT2D eigenvalue weighted by molar-refractivity contribution is -0.145. The summed E-state index contributed by atoms with van der Waals surface area (Å²) in [5.74, 6) is -0.576. The van der Waals surface area contributed by atoms with Gasteiger partial charge in [-0.3, -0.25) is 4.79 Å². The van der Waals surface area contributed by atoms with Gasteiger partial charge in [0.25, 0.3) is 0 Å². The van der Waals surface area contributed by atoms with Gasteiger partial charge < -0.3 is 20.1 Å². The first-order valence-corrected chi connectivity index (χ1v) is 9.97. The Hall–Kier alpha value is -2.57. The van der Waals surface area contributed by atoms with Crippen LogP contribution in [0.1, 0.15) is 57.9 Å². The minimum absolute atomic E-state index is 0.0506. The normalized spacial score (nSPS) is 11.4. The smallest absolute Gasteiger partial charge is 0.408 e. The average Bonchev–Trinajstić information content (AvgIpc) is 2.70. The van der Waals surface area contributed by atoms with E-state index >= 15 is 0 Å². The number of rotatable bonds is 13. The van der Waals surface area contributed by atoms with Gasteiger partial charge in [0.1, 0.15) is 12.6 Å². The largest absolute Gasteiger partial charge is 0.464 e. The van der Waals surface area contributed by atoms with Gasteiger partial charge in [-0.1, -0.05) is 50.1 Å². The lowest BCUT2D eigenvalue weighted by Crippen LogP contribution is -2.42. The molecule has 28 heavy (non-hydrogen) atoms. The molecule has 0 heterocycles. The number of hydrogen-bond acceptors (Lipinski definition) is 5. The summed E-state index contributed by atoms with van der Waals surface area (Å²) >= 11 is 0. The van der Waals surface area contributed by atoms with E-state index in [-0.39, 0.29) is 19.1 Å². The van der Waals surface area contributed by atoms with Crippen LogP contribution in [0.15, 0.2) is 30.3 Å². The van der Waals surface area contributed by atoms with Gasteiger partial charge in [0, 0.05) is 13.0 Å². The van der Waals surface area contributed by atoms with Crippen LogP contribution in [0.3, 0.4) is 0 Å². The van der Waals surface area contributed by atoms with Crippen LogP contribution < -0.4 is 10.6 Å². The molecule has 0 radical (unpaired) electrons. The van der Waals surface area contributed by atoms with Gasteiger partial charge in [0.15, 0.2) is 0 Å². The van der Waals surface area contributed by atoms with E-state index < -0.39 is 18.1 Å². The number of carbonyl (C=O) groups excluding carboxylic acids is 3. The fourth-order valence-corrected chi connectivity index (χ4v) is 2.56. The molecule has 0 spiro atoms. The van der Waals surface area contributed by atoms with E-state index in [2.05, 4.69) is 17.6 Å². The maximum atomic E-state index is 12.1. The Balaban J connectivity index is 2.39. The fraction of sp³-hybridized carbons (Fsp3) is 0.571. The standard InChI is InChI=1S/C21H32N2O5/c1-3-5-9-15-22-19(24)14-10-13-18(20(25)27-4-2)23-21(26)28-16-17-11-7-6-8-12-17/h6-8,11-12,18H,3-5,9-10,13-16H2,1-2H3,(H,22,24)(H,23,26)/t18-/m1/s1. The second kappa shape index (κ2) is 14.5. The number of esters is 1. The highest BCUT2D eigenvalue weighted by Crippen LogP contribution is 2.06. The molecule has 156 valence electrons. The zero-order chi connectivity index (χ0) is 20.6. The summed E-state index contributed by atoms with van der Waals surface area (Å²) in [4.78, 5) is 35.9. The molecular formula is C21H32N2O5. The number of hydrogen-bond donors (Lipinski definition) is 2. The molecule has 1 rings (SSSR count). The third-order valence-electron chi connectivity index (χ3n) is 4.08. The summed E-state index contributed by atoms with van der Waals surface area (Å²) in [5, 5.41) is 5.40. The predicted molar refractivity (Wildman–Crippen MR) is 107 cm³/mol. The Morgan fingerprint density at radius 3 is 2.43 bits per heavy atom. The first kappa shape index (κ1) is 23.5. The summed E-state index contributed by atoms with van der Waals surface area (Å²) < 4.78 is 10.2. The molecule has 0 aromatic heterocycles. The van der Waals surface area contributed by atoms with Crippen molar-refractivity contribution in [2.75, 3.05) is 13.2 Å². The number of amides is 2. The van der Waals surface area contributed by atoms with Gasteiger partial charge in [-0.2, -0.15) is 0 Å². The van der Waals surface area contributed by atoms with E-state index in [1.807, 2.05) is 30.3 Å². The predicted octanol–water partition coefficient (Wildman–Crippen LogP) is 3.32. The zero-order valence-electron chi connectivity index (χ0n) is 16.9. The second-order valence-electron chi connectivity index (χ2n) is 6.46. The van der Waals surface area contributed by atoms with E-state index in [0.717, 1.165) is 24.8 Å². The van der Waals surface area contributed by atoms with Crippen LogP contribution in [-0.4, -0.2) is 37.2 Å². The fourth-order valence-electron chi connectivity index (χ4n) is 2.56. The van der Waals surface area contributed by atoms with Crippen LogP contribution in [0, 0.1) is 0 Å². The molecule has 0 aliphatic rings. The second-order valence-corrected chi connectivity index (χ2v) is 6.46. The molecule has 0 bridgehead atoms. The van der Waals surface area contributed by atoms with Crippen molar-refractivity contribution in [3.8, 4) is 0 Å². The number of nitrogens with one attached hydrogen (secondary N) is 2. The van der Waals surface area contributed by atoms with E-state index in [1.165, 1.54) is 0 Å². The molecule has 0 saturated carbocycles. The van der Waals surface area contributed by atoms with Gasteiger partial charge in [-0.15, -0.1) is 0 Å². The van der Waals surface area contributed by atoms with Crippen molar-refractivity contribution in [2.45, 2.75) is 65.0 Å². The molecule has 7 nitrogen and oxygen atoms in total. The summed E-state index contributed by atoms with van der Waals surface area (Å²) in [6.45, 7) is 4.80. The third kappa shape index (κ3) is 10.5. The van der Waals surface area contributed by atoms with Gasteiger partial charge in [-0.05, 0) is 31.7 Å². The Kier molecular flexibility index (Phi) is 12.1.